The lowest BCUT2D eigenvalue weighted by molar-refractivity contribution is 0.103. The summed E-state index contributed by atoms with van der Waals surface area (Å²) in [5.41, 5.74) is 3.65. The third kappa shape index (κ3) is 1.22. The van der Waals surface area contributed by atoms with E-state index < -0.39 is 0 Å². The first kappa shape index (κ1) is 8.95. The molecule has 70 valence electrons. The first-order valence-electron chi connectivity index (χ1n) is 4.77. The molecule has 1 aromatic rings. The molecule has 0 aromatic heterocycles. The molecule has 0 unspecified atom stereocenters. The van der Waals surface area contributed by atoms with E-state index >= 15 is 0 Å². The highest BCUT2D eigenvalue weighted by Gasteiger charge is 2.19. The van der Waals surface area contributed by atoms with Gasteiger partial charge in [0, 0.05) is 11.1 Å². The lowest BCUT2D eigenvalue weighted by Gasteiger charge is -2.16. The maximum atomic E-state index is 11.7. The van der Waals surface area contributed by atoms with Crippen LogP contribution in [0.3, 0.4) is 0 Å². The molecule has 0 saturated heterocycles. The minimum absolute atomic E-state index is 0.0535. The first-order chi connectivity index (χ1) is 6.74. The summed E-state index contributed by atoms with van der Waals surface area (Å²) in [4.78, 5) is 11.7. The zero-order chi connectivity index (χ0) is 10.1. The van der Waals surface area contributed by atoms with Gasteiger partial charge >= 0.3 is 0 Å². The molecule has 1 heteroatoms. The Hall–Kier alpha value is -1.63. The molecule has 0 amide bonds. The molecule has 0 saturated carbocycles. The van der Waals surface area contributed by atoms with Crippen LogP contribution in [0.5, 0.6) is 0 Å². The van der Waals surface area contributed by atoms with Crippen molar-refractivity contribution in [2.45, 2.75) is 13.3 Å². The molecule has 0 N–H and O–H groups in total. The molecule has 1 aliphatic rings. The zero-order valence-electron chi connectivity index (χ0n) is 8.21. The van der Waals surface area contributed by atoms with Crippen LogP contribution in [0.2, 0.25) is 0 Å². The number of ketones is 1. The summed E-state index contributed by atoms with van der Waals surface area (Å²) >= 11 is 0. The topological polar surface area (TPSA) is 17.1 Å². The fourth-order valence-electron chi connectivity index (χ4n) is 1.78. The lowest BCUT2D eigenvalue weighted by atomic mass is 9.86. The fraction of sp³-hybridized carbons (Fsp3) is 0.154. The second-order valence-corrected chi connectivity index (χ2v) is 3.42. The number of carbonyl (C=O) groups excluding carboxylic acids is 1. The summed E-state index contributed by atoms with van der Waals surface area (Å²) in [6.07, 6.45) is 2.83. The third-order valence-corrected chi connectivity index (χ3v) is 2.54. The van der Waals surface area contributed by atoms with Gasteiger partial charge in [-0.25, -0.2) is 0 Å². The van der Waals surface area contributed by atoms with Crippen molar-refractivity contribution in [2.24, 2.45) is 0 Å². The van der Waals surface area contributed by atoms with Gasteiger partial charge in [-0.05, 0) is 23.6 Å². The number of Topliss-reactive ketones (excluding diaryl/α,β-unsaturated/α-hetero) is 1. The van der Waals surface area contributed by atoms with Crippen molar-refractivity contribution in [3.63, 3.8) is 0 Å². The highest BCUT2D eigenvalue weighted by Crippen LogP contribution is 2.29. The molecule has 0 spiro atoms. The Morgan fingerprint density at radius 3 is 2.50 bits per heavy atom. The van der Waals surface area contributed by atoms with Crippen LogP contribution in [-0.4, -0.2) is 5.78 Å². The van der Waals surface area contributed by atoms with E-state index in [2.05, 4.69) is 13.5 Å². The molecule has 0 heterocycles. The molecule has 14 heavy (non-hydrogen) atoms. The van der Waals surface area contributed by atoms with Gasteiger partial charge in [0.25, 0.3) is 0 Å². The van der Waals surface area contributed by atoms with Crippen molar-refractivity contribution in [1.82, 2.24) is 0 Å². The molecular weight excluding hydrogens is 172 g/mol. The summed E-state index contributed by atoms with van der Waals surface area (Å²) in [6.45, 7) is 5.86. The molecular formula is C13H12O. The van der Waals surface area contributed by atoms with E-state index in [-0.39, 0.29) is 5.78 Å². The lowest BCUT2D eigenvalue weighted by Crippen LogP contribution is -2.09. The number of carbonyl (C=O) groups is 1. The van der Waals surface area contributed by atoms with Crippen molar-refractivity contribution in [1.29, 1.82) is 0 Å². The average Bonchev–Trinajstić information content (AvgIpc) is 2.23. The smallest absolute Gasteiger partial charge is 0.193 e. The van der Waals surface area contributed by atoms with E-state index in [4.69, 9.17) is 0 Å². The number of fused-ring (bicyclic) bond motifs is 1. The zero-order valence-corrected chi connectivity index (χ0v) is 8.21. The minimum Gasteiger partial charge on any atom is -0.289 e. The van der Waals surface area contributed by atoms with E-state index in [9.17, 15) is 4.79 Å². The van der Waals surface area contributed by atoms with Crippen molar-refractivity contribution < 1.29 is 4.79 Å². The van der Waals surface area contributed by atoms with Crippen LogP contribution in [0, 0.1) is 0 Å². The summed E-state index contributed by atoms with van der Waals surface area (Å²) in [5.74, 6) is 0.0535. The van der Waals surface area contributed by atoms with E-state index in [1.165, 1.54) is 5.57 Å². The number of benzene rings is 1. The van der Waals surface area contributed by atoms with Crippen LogP contribution in [0.1, 0.15) is 29.3 Å². The van der Waals surface area contributed by atoms with Crippen molar-refractivity contribution in [2.75, 3.05) is 0 Å². The molecule has 0 bridgehead atoms. The predicted octanol–water partition coefficient (Wildman–Crippen LogP) is 3.23. The molecule has 1 aromatic carbocycles. The normalized spacial score (nSPS) is 15.1. The highest BCUT2D eigenvalue weighted by atomic mass is 16.1. The highest BCUT2D eigenvalue weighted by molar-refractivity contribution is 6.16. The Bertz CT molecular complexity index is 438. The van der Waals surface area contributed by atoms with Gasteiger partial charge in [0.2, 0.25) is 0 Å². The first-order valence-corrected chi connectivity index (χ1v) is 4.77. The van der Waals surface area contributed by atoms with Gasteiger partial charge in [0.15, 0.2) is 5.78 Å². The molecule has 2 rings (SSSR count). The van der Waals surface area contributed by atoms with Gasteiger partial charge < -0.3 is 0 Å². The summed E-state index contributed by atoms with van der Waals surface area (Å²) in [7, 11) is 0. The maximum absolute atomic E-state index is 11.7. The van der Waals surface area contributed by atoms with Crippen LogP contribution in [0.25, 0.3) is 5.57 Å². The number of hydrogen-bond acceptors (Lipinski definition) is 1. The second kappa shape index (κ2) is 3.26. The SMILES string of the molecule is C=C1C=C(CC)c2ccccc2C1=O. The minimum atomic E-state index is 0.0535. The van der Waals surface area contributed by atoms with Crippen molar-refractivity contribution in [3.8, 4) is 0 Å². The van der Waals surface area contributed by atoms with E-state index in [0.29, 0.717) is 5.57 Å². The average molecular weight is 184 g/mol. The van der Waals surface area contributed by atoms with Crippen molar-refractivity contribution >= 4 is 11.4 Å². The van der Waals surface area contributed by atoms with Crippen LogP contribution in [-0.2, 0) is 0 Å². The molecule has 0 fully saturated rings. The molecule has 1 aliphatic carbocycles. The molecule has 0 aliphatic heterocycles. The van der Waals surface area contributed by atoms with Crippen LogP contribution in [0.15, 0.2) is 42.5 Å². The van der Waals surface area contributed by atoms with Gasteiger partial charge in [0.1, 0.15) is 0 Å². The Morgan fingerprint density at radius 1 is 1.21 bits per heavy atom. The Kier molecular flexibility index (Phi) is 2.08. The second-order valence-electron chi connectivity index (χ2n) is 3.42. The number of allylic oxidation sites excluding steroid dienone is 3. The van der Waals surface area contributed by atoms with E-state index in [1.807, 2.05) is 30.3 Å². The molecule has 1 nitrogen and oxygen atoms in total. The Morgan fingerprint density at radius 2 is 1.86 bits per heavy atom. The fourth-order valence-corrected chi connectivity index (χ4v) is 1.78. The Balaban J connectivity index is 2.66. The number of rotatable bonds is 1. The molecule has 0 radical (unpaired) electrons. The number of hydrogen-bond donors (Lipinski definition) is 0. The maximum Gasteiger partial charge on any atom is 0.193 e. The summed E-state index contributed by atoms with van der Waals surface area (Å²) < 4.78 is 0. The predicted molar refractivity (Wildman–Crippen MR) is 58.2 cm³/mol. The van der Waals surface area contributed by atoms with Gasteiger partial charge in [-0.2, -0.15) is 0 Å². The van der Waals surface area contributed by atoms with Gasteiger partial charge in [-0.1, -0.05) is 37.8 Å². The van der Waals surface area contributed by atoms with Crippen LogP contribution in [0.4, 0.5) is 0 Å². The van der Waals surface area contributed by atoms with Gasteiger partial charge in [-0.15, -0.1) is 0 Å². The largest absolute Gasteiger partial charge is 0.289 e. The van der Waals surface area contributed by atoms with Gasteiger partial charge in [0.05, 0.1) is 0 Å². The van der Waals surface area contributed by atoms with E-state index in [1.54, 1.807) is 0 Å². The standard InChI is InChI=1S/C13H12O/c1-3-10-8-9(2)13(14)12-7-5-4-6-11(10)12/h4-8H,2-3H2,1H3. The van der Waals surface area contributed by atoms with Crippen molar-refractivity contribution in [3.05, 3.63) is 53.6 Å². The third-order valence-electron chi connectivity index (χ3n) is 2.54. The monoisotopic (exact) mass is 184 g/mol. The summed E-state index contributed by atoms with van der Waals surface area (Å²) in [6, 6.07) is 7.72. The molecule has 0 atom stereocenters. The summed E-state index contributed by atoms with van der Waals surface area (Å²) in [5, 5.41) is 0. The quantitative estimate of drug-likeness (QED) is 0.612. The van der Waals surface area contributed by atoms with Crippen LogP contribution < -0.4 is 0 Å². The van der Waals surface area contributed by atoms with E-state index in [0.717, 1.165) is 17.5 Å². The van der Waals surface area contributed by atoms with Gasteiger partial charge in [-0.3, -0.25) is 4.79 Å². The Labute approximate surface area is 83.8 Å². The van der Waals surface area contributed by atoms with Crippen LogP contribution >= 0.6 is 0 Å².